The van der Waals surface area contributed by atoms with E-state index < -0.39 is 0 Å². The van der Waals surface area contributed by atoms with Gasteiger partial charge in [0.05, 0.1) is 22.1 Å². The molecule has 13 rings (SSSR count). The first-order valence-electron chi connectivity index (χ1n) is 20.4. The van der Waals surface area contributed by atoms with Crippen molar-refractivity contribution < 1.29 is 0 Å². The van der Waals surface area contributed by atoms with Crippen molar-refractivity contribution in [3.05, 3.63) is 200 Å². The van der Waals surface area contributed by atoms with Gasteiger partial charge in [-0.15, -0.1) is 0 Å². The normalized spacial score (nSPS) is 12.0. The number of hydrogen-bond acceptors (Lipinski definition) is 3. The SMILES string of the molecule is c1ccc(-n2c3ccccc3c3ccc4c5ccccc5n(-c5nc(-c6cc7ccccc7c7ccccc67)nc(-c6cc7ccccc7c7ccccc67)n5)c4c32)cc1. The Bertz CT molecular complexity index is 3760. The van der Waals surface area contributed by atoms with E-state index in [0.717, 1.165) is 82.0 Å². The van der Waals surface area contributed by atoms with Crippen LogP contribution in [0.5, 0.6) is 0 Å². The fraction of sp³-hybridized carbons (Fsp3) is 0. The molecule has 0 N–H and O–H groups in total. The second kappa shape index (κ2) is 12.7. The summed E-state index contributed by atoms with van der Waals surface area (Å²) in [5, 5.41) is 13.8. The lowest BCUT2D eigenvalue weighted by molar-refractivity contribution is 0.955. The van der Waals surface area contributed by atoms with Gasteiger partial charge in [-0.25, -0.2) is 4.98 Å². The fourth-order valence-electron chi connectivity index (χ4n) is 9.74. The van der Waals surface area contributed by atoms with Crippen LogP contribution in [0.4, 0.5) is 0 Å². The van der Waals surface area contributed by atoms with E-state index in [1.807, 2.05) is 0 Å². The number of hydrogen-bond donors (Lipinski definition) is 0. The molecular weight excluding hydrogens is 731 g/mol. The first kappa shape index (κ1) is 32.9. The van der Waals surface area contributed by atoms with Gasteiger partial charge in [0.15, 0.2) is 11.6 Å². The summed E-state index contributed by atoms with van der Waals surface area (Å²) in [6.45, 7) is 0. The Balaban J connectivity index is 1.22. The maximum absolute atomic E-state index is 5.57. The van der Waals surface area contributed by atoms with Crippen LogP contribution in [0.25, 0.3) is 121 Å². The molecule has 3 heterocycles. The van der Waals surface area contributed by atoms with Gasteiger partial charge in [-0.2, -0.15) is 9.97 Å². The van der Waals surface area contributed by atoms with Crippen LogP contribution in [0.1, 0.15) is 0 Å². The topological polar surface area (TPSA) is 48.5 Å². The molecule has 0 fully saturated rings. The van der Waals surface area contributed by atoms with Crippen molar-refractivity contribution >= 4 is 86.7 Å². The van der Waals surface area contributed by atoms with Crippen molar-refractivity contribution in [2.75, 3.05) is 0 Å². The summed E-state index contributed by atoms with van der Waals surface area (Å²) in [6, 6.07) is 71.4. The van der Waals surface area contributed by atoms with Gasteiger partial charge >= 0.3 is 0 Å². The monoisotopic (exact) mass is 763 g/mol. The number of nitrogens with zero attached hydrogens (tertiary/aromatic N) is 5. The van der Waals surface area contributed by atoms with Crippen molar-refractivity contribution in [1.82, 2.24) is 24.1 Å². The summed E-state index contributed by atoms with van der Waals surface area (Å²) in [4.78, 5) is 16.6. The standard InChI is InChI=1S/C55H33N5/c1-2-18-36(19-3-1)59-49-28-14-12-26-43(49)45-30-31-46-44-27-13-15-29-50(44)60(52(46)51(45)59)55-57-53(47-32-34-16-4-6-20-37(34)39-22-8-10-24-41(39)47)56-54(58-55)48-33-35-17-5-7-21-38(35)40-23-9-11-25-42(40)48/h1-33H. The Morgan fingerprint density at radius 1 is 0.283 bits per heavy atom. The van der Waals surface area contributed by atoms with Crippen molar-refractivity contribution in [3.63, 3.8) is 0 Å². The summed E-state index contributed by atoms with van der Waals surface area (Å²) in [6.07, 6.45) is 0. The lowest BCUT2D eigenvalue weighted by Crippen LogP contribution is -2.07. The van der Waals surface area contributed by atoms with Crippen molar-refractivity contribution in [2.45, 2.75) is 0 Å². The molecule has 278 valence electrons. The molecule has 0 saturated carbocycles. The molecule has 0 radical (unpaired) electrons. The van der Waals surface area contributed by atoms with Gasteiger partial charge in [-0.1, -0.05) is 164 Å². The summed E-state index contributed by atoms with van der Waals surface area (Å²) >= 11 is 0. The van der Waals surface area contributed by atoms with Crippen molar-refractivity contribution in [2.24, 2.45) is 0 Å². The highest BCUT2D eigenvalue weighted by Crippen LogP contribution is 2.43. The van der Waals surface area contributed by atoms with Crippen molar-refractivity contribution in [3.8, 4) is 34.4 Å². The third-order valence-corrected chi connectivity index (χ3v) is 12.3. The Hall–Kier alpha value is -8.15. The van der Waals surface area contributed by atoms with Gasteiger partial charge in [-0.3, -0.25) is 4.57 Å². The maximum atomic E-state index is 5.57. The summed E-state index contributed by atoms with van der Waals surface area (Å²) < 4.78 is 4.69. The zero-order valence-corrected chi connectivity index (χ0v) is 32.3. The van der Waals surface area contributed by atoms with Gasteiger partial charge in [0.2, 0.25) is 5.95 Å². The van der Waals surface area contributed by atoms with Crippen LogP contribution in [-0.2, 0) is 0 Å². The number of benzene rings is 10. The second-order valence-electron chi connectivity index (χ2n) is 15.6. The molecule has 60 heavy (non-hydrogen) atoms. The molecule has 3 aromatic heterocycles. The fourth-order valence-corrected chi connectivity index (χ4v) is 9.74. The second-order valence-corrected chi connectivity index (χ2v) is 15.6. The van der Waals surface area contributed by atoms with Gasteiger partial charge < -0.3 is 4.57 Å². The molecule has 0 bridgehead atoms. The Kier molecular flexibility index (Phi) is 6.95. The van der Waals surface area contributed by atoms with Gasteiger partial charge in [0.1, 0.15) is 0 Å². The third kappa shape index (κ3) is 4.71. The van der Waals surface area contributed by atoms with E-state index in [1.165, 1.54) is 21.5 Å². The first-order chi connectivity index (χ1) is 29.8. The minimum Gasteiger partial charge on any atom is -0.307 e. The Labute approximate surface area is 344 Å². The molecule has 5 nitrogen and oxygen atoms in total. The van der Waals surface area contributed by atoms with Gasteiger partial charge in [0, 0.05) is 38.4 Å². The van der Waals surface area contributed by atoms with E-state index in [9.17, 15) is 0 Å². The number of aromatic nitrogens is 5. The zero-order chi connectivity index (χ0) is 39.3. The number of fused-ring (bicyclic) bond motifs is 13. The molecule has 0 aliphatic rings. The molecule has 0 saturated heterocycles. The van der Waals surface area contributed by atoms with Crippen LogP contribution in [0.15, 0.2) is 200 Å². The van der Waals surface area contributed by atoms with Crippen LogP contribution >= 0.6 is 0 Å². The highest BCUT2D eigenvalue weighted by Gasteiger charge is 2.24. The summed E-state index contributed by atoms with van der Waals surface area (Å²) in [5.74, 6) is 1.81. The average Bonchev–Trinajstić information content (AvgIpc) is 3.84. The van der Waals surface area contributed by atoms with Crippen LogP contribution in [0, 0.1) is 0 Å². The van der Waals surface area contributed by atoms with Crippen molar-refractivity contribution in [1.29, 1.82) is 0 Å². The molecule has 0 atom stereocenters. The molecule has 0 amide bonds. The molecule has 10 aromatic carbocycles. The average molecular weight is 764 g/mol. The van der Waals surface area contributed by atoms with Crippen LogP contribution in [0.2, 0.25) is 0 Å². The molecule has 13 aromatic rings. The van der Waals surface area contributed by atoms with Crippen LogP contribution in [0.3, 0.4) is 0 Å². The van der Waals surface area contributed by atoms with Crippen LogP contribution < -0.4 is 0 Å². The molecular formula is C55H33N5. The minimum atomic E-state index is 0.563. The molecule has 0 aliphatic carbocycles. The highest BCUT2D eigenvalue weighted by atomic mass is 15.2. The number of para-hydroxylation sites is 3. The highest BCUT2D eigenvalue weighted by molar-refractivity contribution is 6.24. The summed E-state index contributed by atoms with van der Waals surface area (Å²) in [5.41, 5.74) is 7.34. The predicted octanol–water partition coefficient (Wildman–Crippen LogP) is 14.0. The maximum Gasteiger partial charge on any atom is 0.238 e. The van der Waals surface area contributed by atoms with E-state index in [1.54, 1.807) is 0 Å². The van der Waals surface area contributed by atoms with Gasteiger partial charge in [-0.05, 0) is 79.5 Å². The van der Waals surface area contributed by atoms with E-state index in [-0.39, 0.29) is 0 Å². The minimum absolute atomic E-state index is 0.563. The molecule has 0 spiro atoms. The Morgan fingerprint density at radius 2 is 0.683 bits per heavy atom. The lowest BCUT2D eigenvalue weighted by atomic mass is 9.96. The smallest absolute Gasteiger partial charge is 0.238 e. The molecule has 0 aliphatic heterocycles. The van der Waals surface area contributed by atoms with E-state index >= 15 is 0 Å². The third-order valence-electron chi connectivity index (χ3n) is 12.3. The van der Waals surface area contributed by atoms with Gasteiger partial charge in [0.25, 0.3) is 0 Å². The lowest BCUT2D eigenvalue weighted by Gasteiger charge is -2.16. The first-order valence-corrected chi connectivity index (χ1v) is 20.4. The zero-order valence-electron chi connectivity index (χ0n) is 32.3. The summed E-state index contributed by atoms with van der Waals surface area (Å²) in [7, 11) is 0. The Morgan fingerprint density at radius 3 is 1.22 bits per heavy atom. The largest absolute Gasteiger partial charge is 0.307 e. The van der Waals surface area contributed by atoms with E-state index in [4.69, 9.17) is 15.0 Å². The molecule has 5 heteroatoms. The quantitative estimate of drug-likeness (QED) is 0.168. The van der Waals surface area contributed by atoms with E-state index in [2.05, 4.69) is 209 Å². The van der Waals surface area contributed by atoms with Crippen LogP contribution in [-0.4, -0.2) is 24.1 Å². The van der Waals surface area contributed by atoms with E-state index in [0.29, 0.717) is 17.6 Å². The predicted molar refractivity (Wildman–Crippen MR) is 249 cm³/mol. The molecule has 0 unspecified atom stereocenters. The number of rotatable bonds is 4.